The van der Waals surface area contributed by atoms with Gasteiger partial charge in [0, 0.05) is 16.8 Å². The molecule has 3 N–H and O–H groups in total. The Balaban J connectivity index is 0.00000200. The zero-order valence-corrected chi connectivity index (χ0v) is 13.8. The van der Waals surface area contributed by atoms with Crippen molar-refractivity contribution < 1.29 is 4.79 Å². The maximum absolute atomic E-state index is 11.3. The molecule has 110 valence electrons. The first kappa shape index (κ1) is 17.1. The second-order valence-electron chi connectivity index (χ2n) is 4.35. The lowest BCUT2D eigenvalue weighted by molar-refractivity contribution is -0.121. The predicted octanol–water partition coefficient (Wildman–Crippen LogP) is 2.61. The van der Waals surface area contributed by atoms with Gasteiger partial charge in [0.05, 0.1) is 21.6 Å². The third kappa shape index (κ3) is 4.56. The van der Waals surface area contributed by atoms with Gasteiger partial charge < -0.3 is 11.1 Å². The Hall–Kier alpha value is -0.950. The van der Waals surface area contributed by atoms with E-state index in [-0.39, 0.29) is 18.3 Å². The molecule has 0 aliphatic carbocycles. The fraction of sp³-hybridized carbons (Fsp3) is 0.385. The number of carbonyl (C=O) groups excluding carboxylic acids is 1. The van der Waals surface area contributed by atoms with Crippen LogP contribution in [0.25, 0.3) is 10.6 Å². The molecule has 4 nitrogen and oxygen atoms in total. The van der Waals surface area contributed by atoms with E-state index in [9.17, 15) is 4.79 Å². The summed E-state index contributed by atoms with van der Waals surface area (Å²) in [6.07, 6.45) is 0.826. The molecule has 2 rings (SSSR count). The standard InChI is InChI=1S/C13H17N3OS2.ClH/c1-8(14)13(17)15-6-5-10-3-4-12(19-10)11-7-18-9(2)16-11;/h3-4,7-8H,5-6,14H2,1-2H3,(H,15,17);1H/t8-;/m0./s1. The molecule has 0 aliphatic heterocycles. The monoisotopic (exact) mass is 331 g/mol. The van der Waals surface area contributed by atoms with Gasteiger partial charge >= 0.3 is 0 Å². The van der Waals surface area contributed by atoms with Crippen molar-refractivity contribution in [2.45, 2.75) is 26.3 Å². The second kappa shape index (κ2) is 7.73. The summed E-state index contributed by atoms with van der Waals surface area (Å²) in [5.74, 6) is -0.105. The molecule has 0 saturated heterocycles. The number of aromatic nitrogens is 1. The minimum absolute atomic E-state index is 0. The van der Waals surface area contributed by atoms with Gasteiger partial charge in [-0.05, 0) is 32.4 Å². The SMILES string of the molecule is Cc1nc(-c2ccc(CCNC(=O)[C@H](C)N)s2)cs1.Cl. The van der Waals surface area contributed by atoms with E-state index < -0.39 is 6.04 Å². The van der Waals surface area contributed by atoms with Crippen LogP contribution in [-0.4, -0.2) is 23.5 Å². The average molecular weight is 332 g/mol. The molecule has 1 atom stereocenters. The third-order valence-electron chi connectivity index (χ3n) is 2.62. The van der Waals surface area contributed by atoms with Gasteiger partial charge in [-0.2, -0.15) is 0 Å². The van der Waals surface area contributed by atoms with Crippen LogP contribution in [0.5, 0.6) is 0 Å². The van der Waals surface area contributed by atoms with Crippen molar-refractivity contribution in [1.82, 2.24) is 10.3 Å². The summed E-state index contributed by atoms with van der Waals surface area (Å²) in [7, 11) is 0. The number of thiazole rings is 1. The molecule has 0 unspecified atom stereocenters. The highest BCUT2D eigenvalue weighted by Gasteiger charge is 2.08. The Morgan fingerprint density at radius 1 is 1.50 bits per heavy atom. The van der Waals surface area contributed by atoms with Crippen LogP contribution in [0.15, 0.2) is 17.5 Å². The lowest BCUT2D eigenvalue weighted by Crippen LogP contribution is -2.39. The molecule has 0 aliphatic rings. The van der Waals surface area contributed by atoms with E-state index in [4.69, 9.17) is 5.73 Å². The molecule has 20 heavy (non-hydrogen) atoms. The minimum atomic E-state index is -0.447. The molecule has 2 aromatic heterocycles. The Morgan fingerprint density at radius 3 is 2.85 bits per heavy atom. The first-order chi connectivity index (χ1) is 9.06. The predicted molar refractivity (Wildman–Crippen MR) is 87.8 cm³/mol. The quantitative estimate of drug-likeness (QED) is 0.885. The number of rotatable bonds is 5. The van der Waals surface area contributed by atoms with Crippen molar-refractivity contribution in [3.63, 3.8) is 0 Å². The van der Waals surface area contributed by atoms with E-state index >= 15 is 0 Å². The highest BCUT2D eigenvalue weighted by atomic mass is 35.5. The van der Waals surface area contributed by atoms with E-state index in [2.05, 4.69) is 27.8 Å². The average Bonchev–Trinajstić information content (AvgIpc) is 2.97. The van der Waals surface area contributed by atoms with Gasteiger partial charge in [-0.1, -0.05) is 0 Å². The number of nitrogens with two attached hydrogens (primary N) is 1. The molecular weight excluding hydrogens is 314 g/mol. The van der Waals surface area contributed by atoms with E-state index in [0.29, 0.717) is 6.54 Å². The van der Waals surface area contributed by atoms with Crippen LogP contribution in [0.1, 0.15) is 16.8 Å². The van der Waals surface area contributed by atoms with Gasteiger partial charge in [0.2, 0.25) is 5.91 Å². The topological polar surface area (TPSA) is 68.0 Å². The van der Waals surface area contributed by atoms with Crippen LogP contribution >= 0.6 is 35.1 Å². The number of amides is 1. The fourth-order valence-corrected chi connectivity index (χ4v) is 3.25. The molecule has 0 fully saturated rings. The number of carbonyl (C=O) groups is 1. The second-order valence-corrected chi connectivity index (χ2v) is 6.58. The molecular formula is C13H18ClN3OS2. The summed E-state index contributed by atoms with van der Waals surface area (Å²) in [4.78, 5) is 18.2. The first-order valence-electron chi connectivity index (χ1n) is 6.11. The van der Waals surface area contributed by atoms with E-state index in [1.54, 1.807) is 29.6 Å². The normalized spacial score (nSPS) is 11.8. The number of nitrogens with zero attached hydrogens (tertiary/aromatic N) is 1. The summed E-state index contributed by atoms with van der Waals surface area (Å²) in [6, 6.07) is 3.73. The number of hydrogen-bond acceptors (Lipinski definition) is 5. The Labute approximate surface area is 132 Å². The van der Waals surface area contributed by atoms with Gasteiger partial charge in [-0.3, -0.25) is 4.79 Å². The minimum Gasteiger partial charge on any atom is -0.354 e. The molecule has 0 bridgehead atoms. The Bertz CT molecular complexity index is 565. The van der Waals surface area contributed by atoms with E-state index in [1.165, 1.54) is 9.75 Å². The Morgan fingerprint density at radius 2 is 2.25 bits per heavy atom. The smallest absolute Gasteiger partial charge is 0.236 e. The molecule has 0 radical (unpaired) electrons. The molecule has 2 heterocycles. The zero-order valence-electron chi connectivity index (χ0n) is 11.4. The highest BCUT2D eigenvalue weighted by Crippen LogP contribution is 2.29. The maximum atomic E-state index is 11.3. The van der Waals surface area contributed by atoms with Crippen LogP contribution in [0, 0.1) is 6.92 Å². The maximum Gasteiger partial charge on any atom is 0.236 e. The molecule has 0 aromatic carbocycles. The van der Waals surface area contributed by atoms with Crippen LogP contribution < -0.4 is 11.1 Å². The fourth-order valence-electron chi connectivity index (χ4n) is 1.60. The summed E-state index contributed by atoms with van der Waals surface area (Å²) < 4.78 is 0. The molecule has 7 heteroatoms. The van der Waals surface area contributed by atoms with Gasteiger partial charge in [0.15, 0.2) is 0 Å². The van der Waals surface area contributed by atoms with Crippen LogP contribution in [0.2, 0.25) is 0 Å². The summed E-state index contributed by atoms with van der Waals surface area (Å²) in [6.45, 7) is 4.31. The first-order valence-corrected chi connectivity index (χ1v) is 7.80. The van der Waals surface area contributed by atoms with Crippen LogP contribution in [-0.2, 0) is 11.2 Å². The summed E-state index contributed by atoms with van der Waals surface area (Å²) in [5.41, 5.74) is 6.52. The van der Waals surface area contributed by atoms with Crippen molar-refractivity contribution in [3.05, 3.63) is 27.4 Å². The van der Waals surface area contributed by atoms with Gasteiger partial charge in [-0.25, -0.2) is 4.98 Å². The molecule has 0 saturated carbocycles. The molecule has 0 spiro atoms. The van der Waals surface area contributed by atoms with Crippen LogP contribution in [0.4, 0.5) is 0 Å². The highest BCUT2D eigenvalue weighted by molar-refractivity contribution is 7.16. The molecule has 2 aromatic rings. The third-order valence-corrected chi connectivity index (χ3v) is 4.56. The van der Waals surface area contributed by atoms with Crippen molar-refractivity contribution in [2.75, 3.05) is 6.54 Å². The van der Waals surface area contributed by atoms with Crippen molar-refractivity contribution in [2.24, 2.45) is 5.73 Å². The van der Waals surface area contributed by atoms with Gasteiger partial charge in [0.25, 0.3) is 0 Å². The number of thiophene rings is 1. The lowest BCUT2D eigenvalue weighted by Gasteiger charge is -2.06. The lowest BCUT2D eigenvalue weighted by atomic mass is 10.3. The van der Waals surface area contributed by atoms with Crippen molar-refractivity contribution in [1.29, 1.82) is 0 Å². The summed E-state index contributed by atoms with van der Waals surface area (Å²) >= 11 is 3.38. The summed E-state index contributed by atoms with van der Waals surface area (Å²) in [5, 5.41) is 5.96. The number of nitrogens with one attached hydrogen (secondary N) is 1. The number of halogens is 1. The van der Waals surface area contributed by atoms with Crippen molar-refractivity contribution in [3.8, 4) is 10.6 Å². The van der Waals surface area contributed by atoms with E-state index in [1.807, 2.05) is 6.92 Å². The molecule has 1 amide bonds. The zero-order chi connectivity index (χ0) is 13.8. The van der Waals surface area contributed by atoms with Crippen molar-refractivity contribution >= 4 is 41.0 Å². The Kier molecular flexibility index (Phi) is 6.61. The van der Waals surface area contributed by atoms with E-state index in [0.717, 1.165) is 17.1 Å². The van der Waals surface area contributed by atoms with Crippen LogP contribution in [0.3, 0.4) is 0 Å². The number of hydrogen-bond donors (Lipinski definition) is 2. The van der Waals surface area contributed by atoms with Gasteiger partial charge in [-0.15, -0.1) is 35.1 Å². The number of aryl methyl sites for hydroxylation is 1. The largest absolute Gasteiger partial charge is 0.354 e. The van der Waals surface area contributed by atoms with Gasteiger partial charge in [0.1, 0.15) is 0 Å².